The molecule has 2 heterocycles. The number of benzene rings is 1. The summed E-state index contributed by atoms with van der Waals surface area (Å²) in [7, 11) is 3.52. The number of aromatic nitrogens is 2. The smallest absolute Gasteiger partial charge is 0.239 e. The number of piperazine rings is 1. The van der Waals surface area contributed by atoms with E-state index < -0.39 is 0 Å². The molecule has 0 saturated carbocycles. The zero-order valence-corrected chi connectivity index (χ0v) is 15.0. The van der Waals surface area contributed by atoms with Crippen LogP contribution in [0.2, 0.25) is 0 Å². The first-order valence-electron chi connectivity index (χ1n) is 8.47. The van der Waals surface area contributed by atoms with Gasteiger partial charge in [0.05, 0.1) is 25.0 Å². The molecule has 0 spiro atoms. The second-order valence-electron chi connectivity index (χ2n) is 6.28. The van der Waals surface area contributed by atoms with Crippen LogP contribution < -0.4 is 15.0 Å². The number of anilines is 2. The van der Waals surface area contributed by atoms with Crippen LogP contribution in [-0.2, 0) is 11.8 Å². The number of ether oxygens (including phenoxy) is 1. The Morgan fingerprint density at radius 3 is 2.60 bits per heavy atom. The van der Waals surface area contributed by atoms with Gasteiger partial charge in [0.25, 0.3) is 0 Å². The normalized spacial score (nSPS) is 15.2. The fraction of sp³-hybridized carbons (Fsp3) is 0.444. The summed E-state index contributed by atoms with van der Waals surface area (Å²) in [4.78, 5) is 16.7. The summed E-state index contributed by atoms with van der Waals surface area (Å²) in [5.41, 5.74) is 2.00. The Morgan fingerprint density at radius 1 is 1.24 bits per heavy atom. The molecule has 134 valence electrons. The molecule has 0 radical (unpaired) electrons. The van der Waals surface area contributed by atoms with Crippen molar-refractivity contribution in [1.29, 1.82) is 0 Å². The molecular weight excluding hydrogens is 318 g/mol. The van der Waals surface area contributed by atoms with Crippen LogP contribution in [0, 0.1) is 6.92 Å². The molecule has 1 amide bonds. The first kappa shape index (κ1) is 17.3. The predicted octanol–water partition coefficient (Wildman–Crippen LogP) is 1.50. The molecule has 1 N–H and O–H groups in total. The van der Waals surface area contributed by atoms with E-state index in [1.165, 1.54) is 0 Å². The van der Waals surface area contributed by atoms with E-state index in [9.17, 15) is 4.79 Å². The maximum absolute atomic E-state index is 12.3. The Hall–Kier alpha value is -2.54. The predicted molar refractivity (Wildman–Crippen MR) is 98.2 cm³/mol. The molecule has 1 fully saturated rings. The van der Waals surface area contributed by atoms with Gasteiger partial charge in [-0.1, -0.05) is 12.1 Å². The van der Waals surface area contributed by atoms with Crippen molar-refractivity contribution in [1.82, 2.24) is 14.7 Å². The van der Waals surface area contributed by atoms with Gasteiger partial charge < -0.3 is 15.0 Å². The van der Waals surface area contributed by atoms with Crippen LogP contribution in [0.25, 0.3) is 0 Å². The second kappa shape index (κ2) is 7.57. The van der Waals surface area contributed by atoms with Gasteiger partial charge in [0.2, 0.25) is 5.91 Å². The molecule has 1 aliphatic heterocycles. The first-order chi connectivity index (χ1) is 12.1. The Morgan fingerprint density at radius 2 is 1.96 bits per heavy atom. The van der Waals surface area contributed by atoms with Crippen LogP contribution in [0.15, 0.2) is 30.3 Å². The zero-order chi connectivity index (χ0) is 17.8. The highest BCUT2D eigenvalue weighted by Gasteiger charge is 2.21. The Labute approximate surface area is 148 Å². The third-order valence-electron chi connectivity index (χ3n) is 4.43. The van der Waals surface area contributed by atoms with Gasteiger partial charge in [0.15, 0.2) is 0 Å². The van der Waals surface area contributed by atoms with Gasteiger partial charge >= 0.3 is 0 Å². The topological polar surface area (TPSA) is 62.6 Å². The molecule has 7 heteroatoms. The minimum Gasteiger partial charge on any atom is -0.495 e. The minimum atomic E-state index is -0.00579. The highest BCUT2D eigenvalue weighted by Crippen LogP contribution is 2.28. The van der Waals surface area contributed by atoms with E-state index in [-0.39, 0.29) is 5.91 Å². The molecule has 2 aromatic rings. The number of carbonyl (C=O) groups is 1. The summed E-state index contributed by atoms with van der Waals surface area (Å²) in [6.45, 7) is 5.74. The van der Waals surface area contributed by atoms with Crippen LogP contribution in [0.4, 0.5) is 11.5 Å². The quantitative estimate of drug-likeness (QED) is 0.891. The number of para-hydroxylation sites is 2. The number of hydrogen-bond acceptors (Lipinski definition) is 5. The van der Waals surface area contributed by atoms with Crippen molar-refractivity contribution in [2.24, 2.45) is 7.05 Å². The Balaban J connectivity index is 1.52. The van der Waals surface area contributed by atoms with E-state index in [4.69, 9.17) is 4.74 Å². The van der Waals surface area contributed by atoms with Crippen molar-refractivity contribution in [2.75, 3.05) is 50.1 Å². The van der Waals surface area contributed by atoms with Crippen molar-refractivity contribution in [3.05, 3.63) is 36.0 Å². The van der Waals surface area contributed by atoms with Crippen molar-refractivity contribution in [3.63, 3.8) is 0 Å². The third kappa shape index (κ3) is 4.11. The number of hydrogen-bond donors (Lipinski definition) is 1. The number of amides is 1. The lowest BCUT2D eigenvalue weighted by atomic mass is 10.2. The molecule has 0 aliphatic carbocycles. The first-order valence-corrected chi connectivity index (χ1v) is 8.47. The van der Waals surface area contributed by atoms with Gasteiger partial charge in [-0.3, -0.25) is 14.4 Å². The van der Waals surface area contributed by atoms with E-state index in [2.05, 4.69) is 26.3 Å². The summed E-state index contributed by atoms with van der Waals surface area (Å²) in [6, 6.07) is 9.92. The SMILES string of the molecule is COc1ccccc1N1CCN(CC(=O)Nc2cc(C)nn2C)CC1. The van der Waals surface area contributed by atoms with E-state index in [0.717, 1.165) is 49.1 Å². The van der Waals surface area contributed by atoms with Gasteiger partial charge in [0.1, 0.15) is 11.6 Å². The average molecular weight is 343 g/mol. The van der Waals surface area contributed by atoms with Crippen LogP contribution in [-0.4, -0.2) is 60.4 Å². The number of aryl methyl sites for hydroxylation is 2. The molecule has 3 rings (SSSR count). The van der Waals surface area contributed by atoms with Gasteiger partial charge in [-0.15, -0.1) is 0 Å². The molecule has 7 nitrogen and oxygen atoms in total. The fourth-order valence-electron chi connectivity index (χ4n) is 3.15. The maximum atomic E-state index is 12.3. The van der Waals surface area contributed by atoms with Crippen molar-refractivity contribution >= 4 is 17.4 Å². The van der Waals surface area contributed by atoms with Gasteiger partial charge in [-0.25, -0.2) is 0 Å². The lowest BCUT2D eigenvalue weighted by molar-refractivity contribution is -0.117. The number of carbonyl (C=O) groups excluding carboxylic acids is 1. The van der Waals surface area contributed by atoms with Crippen molar-refractivity contribution < 1.29 is 9.53 Å². The number of methoxy groups -OCH3 is 1. The lowest BCUT2D eigenvalue weighted by Crippen LogP contribution is -2.48. The van der Waals surface area contributed by atoms with E-state index in [1.54, 1.807) is 11.8 Å². The molecular formula is C18H25N5O2. The summed E-state index contributed by atoms with van der Waals surface area (Å²) in [5.74, 6) is 1.61. The van der Waals surface area contributed by atoms with E-state index >= 15 is 0 Å². The fourth-order valence-corrected chi connectivity index (χ4v) is 3.15. The van der Waals surface area contributed by atoms with Crippen LogP contribution >= 0.6 is 0 Å². The lowest BCUT2D eigenvalue weighted by Gasteiger charge is -2.36. The monoisotopic (exact) mass is 343 g/mol. The molecule has 25 heavy (non-hydrogen) atoms. The standard InChI is InChI=1S/C18H25N5O2/c1-14-12-17(21(2)20-14)19-18(24)13-22-8-10-23(11-9-22)15-6-4-5-7-16(15)25-3/h4-7,12H,8-11,13H2,1-3H3,(H,19,24). The van der Waals surface area contributed by atoms with Crippen molar-refractivity contribution in [3.8, 4) is 5.75 Å². The van der Waals surface area contributed by atoms with Gasteiger partial charge in [-0.2, -0.15) is 5.10 Å². The van der Waals surface area contributed by atoms with E-state index in [1.807, 2.05) is 38.2 Å². The van der Waals surface area contributed by atoms with E-state index in [0.29, 0.717) is 6.54 Å². The minimum absolute atomic E-state index is 0.00579. The number of rotatable bonds is 5. The highest BCUT2D eigenvalue weighted by molar-refractivity contribution is 5.91. The molecule has 0 unspecified atom stereocenters. The van der Waals surface area contributed by atoms with Crippen molar-refractivity contribution in [2.45, 2.75) is 6.92 Å². The number of nitrogens with one attached hydrogen (secondary N) is 1. The third-order valence-corrected chi connectivity index (χ3v) is 4.43. The molecule has 1 saturated heterocycles. The maximum Gasteiger partial charge on any atom is 0.239 e. The molecule has 1 aromatic heterocycles. The Bertz CT molecular complexity index is 735. The molecule has 0 atom stereocenters. The molecule has 1 aromatic carbocycles. The largest absolute Gasteiger partial charge is 0.495 e. The summed E-state index contributed by atoms with van der Waals surface area (Å²) in [6.07, 6.45) is 0. The Kier molecular flexibility index (Phi) is 5.23. The summed E-state index contributed by atoms with van der Waals surface area (Å²) in [5, 5.41) is 7.17. The summed E-state index contributed by atoms with van der Waals surface area (Å²) >= 11 is 0. The highest BCUT2D eigenvalue weighted by atomic mass is 16.5. The van der Waals surface area contributed by atoms with Gasteiger partial charge in [0, 0.05) is 39.3 Å². The second-order valence-corrected chi connectivity index (χ2v) is 6.28. The van der Waals surface area contributed by atoms with Crippen LogP contribution in [0.1, 0.15) is 5.69 Å². The zero-order valence-electron chi connectivity index (χ0n) is 15.0. The summed E-state index contributed by atoms with van der Waals surface area (Å²) < 4.78 is 7.13. The average Bonchev–Trinajstić information content (AvgIpc) is 2.92. The molecule has 1 aliphatic rings. The number of nitrogens with zero attached hydrogens (tertiary/aromatic N) is 4. The molecule has 0 bridgehead atoms. The van der Waals surface area contributed by atoms with Crippen LogP contribution in [0.3, 0.4) is 0 Å². The van der Waals surface area contributed by atoms with Crippen LogP contribution in [0.5, 0.6) is 5.75 Å². The van der Waals surface area contributed by atoms with Gasteiger partial charge in [-0.05, 0) is 19.1 Å².